The van der Waals surface area contributed by atoms with E-state index in [1.165, 1.54) is 4.41 Å². The van der Waals surface area contributed by atoms with Crippen molar-refractivity contribution in [2.24, 2.45) is 5.10 Å². The molecule has 0 bridgehead atoms. The number of aryl methyl sites for hydroxylation is 1. The van der Waals surface area contributed by atoms with Gasteiger partial charge in [-0.2, -0.15) is 17.9 Å². The fourth-order valence-corrected chi connectivity index (χ4v) is 4.99. The Morgan fingerprint density at radius 3 is 1.94 bits per heavy atom. The maximum Gasteiger partial charge on any atom is 0.279 e. The number of hydrogen-bond donors (Lipinski definition) is 0. The average molecular weight is 437 g/mol. The lowest BCUT2D eigenvalue weighted by atomic mass is 9.99. The molecule has 7 heteroatoms. The second kappa shape index (κ2) is 8.43. The number of hydrazone groups is 1. The van der Waals surface area contributed by atoms with Crippen LogP contribution < -0.4 is 9.47 Å². The molecule has 6 nitrogen and oxygen atoms in total. The summed E-state index contributed by atoms with van der Waals surface area (Å²) in [7, 11) is -0.623. The summed E-state index contributed by atoms with van der Waals surface area (Å²) in [4.78, 5) is 0.219. The topological polar surface area (TPSA) is 68.2 Å². The molecule has 0 N–H and O–H groups in total. The minimum atomic E-state index is -3.83. The Labute approximate surface area is 182 Å². The van der Waals surface area contributed by atoms with Crippen molar-refractivity contribution in [2.75, 3.05) is 14.2 Å². The Bertz CT molecular complexity index is 1190. The van der Waals surface area contributed by atoms with Crippen LogP contribution in [0.5, 0.6) is 11.5 Å². The Kier molecular flexibility index (Phi) is 5.69. The molecule has 31 heavy (non-hydrogen) atoms. The van der Waals surface area contributed by atoms with E-state index in [-0.39, 0.29) is 4.90 Å². The zero-order valence-electron chi connectivity index (χ0n) is 17.6. The van der Waals surface area contributed by atoms with E-state index in [0.29, 0.717) is 17.9 Å². The summed E-state index contributed by atoms with van der Waals surface area (Å²) >= 11 is 0. The molecule has 3 aromatic carbocycles. The Hall–Kier alpha value is -3.32. The molecule has 0 saturated heterocycles. The number of ether oxygens (including phenoxy) is 2. The number of nitrogens with zero attached hydrogens (tertiary/aromatic N) is 2. The molecule has 1 heterocycles. The van der Waals surface area contributed by atoms with Crippen molar-refractivity contribution in [1.82, 2.24) is 4.41 Å². The minimum absolute atomic E-state index is 0.219. The highest BCUT2D eigenvalue weighted by Crippen LogP contribution is 2.37. The maximum absolute atomic E-state index is 13.5. The predicted molar refractivity (Wildman–Crippen MR) is 120 cm³/mol. The monoisotopic (exact) mass is 436 g/mol. The molecule has 3 aromatic rings. The van der Waals surface area contributed by atoms with Gasteiger partial charge >= 0.3 is 0 Å². The fraction of sp³-hybridized carbons (Fsp3) is 0.208. The van der Waals surface area contributed by atoms with Gasteiger partial charge in [-0.3, -0.25) is 0 Å². The quantitative estimate of drug-likeness (QED) is 0.568. The molecular formula is C24H24N2O4S. The van der Waals surface area contributed by atoms with Crippen LogP contribution in [-0.4, -0.2) is 32.8 Å². The number of methoxy groups -OCH3 is 2. The highest BCUT2D eigenvalue weighted by atomic mass is 32.2. The smallest absolute Gasteiger partial charge is 0.279 e. The summed E-state index contributed by atoms with van der Waals surface area (Å²) in [6.45, 7) is 1.92. The highest BCUT2D eigenvalue weighted by Gasteiger charge is 2.37. The van der Waals surface area contributed by atoms with Crippen LogP contribution in [0, 0.1) is 6.92 Å². The van der Waals surface area contributed by atoms with Gasteiger partial charge in [-0.25, -0.2) is 0 Å². The van der Waals surface area contributed by atoms with Gasteiger partial charge in [0.05, 0.1) is 30.9 Å². The lowest BCUT2D eigenvalue weighted by Gasteiger charge is -2.23. The normalized spacial score (nSPS) is 16.2. The van der Waals surface area contributed by atoms with Crippen LogP contribution in [0.2, 0.25) is 0 Å². The zero-order chi connectivity index (χ0) is 22.0. The van der Waals surface area contributed by atoms with Crippen LogP contribution in [0.1, 0.15) is 29.2 Å². The molecule has 1 aliphatic heterocycles. The van der Waals surface area contributed by atoms with Gasteiger partial charge in [-0.05, 0) is 66.6 Å². The summed E-state index contributed by atoms with van der Waals surface area (Å²) in [5, 5.41) is 4.57. The summed E-state index contributed by atoms with van der Waals surface area (Å²) in [6.07, 6.45) is 0.462. The third-order valence-corrected chi connectivity index (χ3v) is 7.06. The third-order valence-electron chi connectivity index (χ3n) is 5.36. The van der Waals surface area contributed by atoms with Crippen LogP contribution in [0.3, 0.4) is 0 Å². The van der Waals surface area contributed by atoms with Crippen LogP contribution in [0.25, 0.3) is 0 Å². The lowest BCUT2D eigenvalue weighted by Crippen LogP contribution is -2.27. The van der Waals surface area contributed by atoms with Crippen molar-refractivity contribution >= 4 is 15.7 Å². The Balaban J connectivity index is 1.76. The summed E-state index contributed by atoms with van der Waals surface area (Å²) in [5.41, 5.74) is 3.42. The predicted octanol–water partition coefficient (Wildman–Crippen LogP) is 4.55. The minimum Gasteiger partial charge on any atom is -0.497 e. The van der Waals surface area contributed by atoms with E-state index in [2.05, 4.69) is 5.10 Å². The molecule has 0 radical (unpaired) electrons. The first-order chi connectivity index (χ1) is 14.9. The molecule has 0 amide bonds. The van der Waals surface area contributed by atoms with E-state index in [1.54, 1.807) is 38.5 Å². The molecule has 0 unspecified atom stereocenters. The summed E-state index contributed by atoms with van der Waals surface area (Å²) in [5.74, 6) is 1.45. The van der Waals surface area contributed by atoms with Gasteiger partial charge in [0, 0.05) is 6.42 Å². The maximum atomic E-state index is 13.5. The lowest BCUT2D eigenvalue weighted by molar-refractivity contribution is 0.370. The van der Waals surface area contributed by atoms with Crippen LogP contribution in [0.15, 0.2) is 82.8 Å². The molecule has 0 aliphatic carbocycles. The van der Waals surface area contributed by atoms with Gasteiger partial charge in [-0.1, -0.05) is 29.8 Å². The van der Waals surface area contributed by atoms with E-state index in [9.17, 15) is 8.42 Å². The van der Waals surface area contributed by atoms with Crippen molar-refractivity contribution < 1.29 is 17.9 Å². The summed E-state index contributed by atoms with van der Waals surface area (Å²) in [6, 6.07) is 21.3. The van der Waals surface area contributed by atoms with Crippen LogP contribution >= 0.6 is 0 Å². The van der Waals surface area contributed by atoms with Gasteiger partial charge in [-0.15, -0.1) is 0 Å². The van der Waals surface area contributed by atoms with Crippen molar-refractivity contribution in [1.29, 1.82) is 0 Å². The Morgan fingerprint density at radius 1 is 0.839 bits per heavy atom. The van der Waals surface area contributed by atoms with Gasteiger partial charge in [0.15, 0.2) is 0 Å². The zero-order valence-corrected chi connectivity index (χ0v) is 18.5. The van der Waals surface area contributed by atoms with Gasteiger partial charge in [0.25, 0.3) is 10.0 Å². The number of benzene rings is 3. The molecule has 160 valence electrons. The van der Waals surface area contributed by atoms with Crippen molar-refractivity contribution in [3.05, 3.63) is 89.5 Å². The van der Waals surface area contributed by atoms with Gasteiger partial charge in [0.2, 0.25) is 0 Å². The van der Waals surface area contributed by atoms with E-state index < -0.39 is 16.1 Å². The average Bonchev–Trinajstić information content (AvgIpc) is 3.26. The Morgan fingerprint density at radius 2 is 1.39 bits per heavy atom. The first kappa shape index (κ1) is 20.9. The fourth-order valence-electron chi connectivity index (χ4n) is 3.56. The number of hydrogen-bond acceptors (Lipinski definition) is 5. The van der Waals surface area contributed by atoms with Crippen LogP contribution in [0.4, 0.5) is 0 Å². The van der Waals surface area contributed by atoms with E-state index in [0.717, 1.165) is 22.4 Å². The molecule has 0 saturated carbocycles. The van der Waals surface area contributed by atoms with Crippen LogP contribution in [-0.2, 0) is 10.0 Å². The second-order valence-electron chi connectivity index (χ2n) is 7.36. The molecule has 4 rings (SSSR count). The second-order valence-corrected chi connectivity index (χ2v) is 9.15. The molecule has 0 aromatic heterocycles. The largest absolute Gasteiger partial charge is 0.497 e. The SMILES string of the molecule is COc1ccc(C2=NN(S(=O)(=O)c3ccc(C)cc3)[C@H](c3ccc(OC)cc3)C2)cc1. The molecule has 1 atom stereocenters. The number of sulfonamides is 1. The van der Waals surface area contributed by atoms with Gasteiger partial charge in [0.1, 0.15) is 11.5 Å². The van der Waals surface area contributed by atoms with E-state index in [4.69, 9.17) is 9.47 Å². The first-order valence-electron chi connectivity index (χ1n) is 9.89. The molecule has 1 aliphatic rings. The van der Waals surface area contributed by atoms with Gasteiger partial charge < -0.3 is 9.47 Å². The van der Waals surface area contributed by atoms with Crippen molar-refractivity contribution in [2.45, 2.75) is 24.3 Å². The number of rotatable bonds is 6. The molecule has 0 spiro atoms. The standard InChI is InChI=1S/C24H24N2O4S/c1-17-4-14-22(15-5-17)31(27,28)26-24(19-8-12-21(30-3)13-9-19)16-23(25-26)18-6-10-20(29-2)11-7-18/h4-15,24H,16H2,1-3H3/t24-/m0/s1. The van der Waals surface area contributed by atoms with E-state index >= 15 is 0 Å². The highest BCUT2D eigenvalue weighted by molar-refractivity contribution is 7.89. The molecular weight excluding hydrogens is 412 g/mol. The third kappa shape index (κ3) is 4.14. The molecule has 0 fully saturated rings. The van der Waals surface area contributed by atoms with Crippen molar-refractivity contribution in [3.8, 4) is 11.5 Å². The summed E-state index contributed by atoms with van der Waals surface area (Å²) < 4.78 is 38.7. The van der Waals surface area contributed by atoms with E-state index in [1.807, 2.05) is 55.5 Å². The first-order valence-corrected chi connectivity index (χ1v) is 11.3. The van der Waals surface area contributed by atoms with Crippen molar-refractivity contribution in [3.63, 3.8) is 0 Å².